The van der Waals surface area contributed by atoms with Crippen LogP contribution in [0, 0.1) is 0 Å². The first-order chi connectivity index (χ1) is 9.28. The number of H-pyrrole nitrogens is 1. The fourth-order valence-electron chi connectivity index (χ4n) is 2.73. The van der Waals surface area contributed by atoms with Gasteiger partial charge in [0.05, 0.1) is 5.52 Å². The van der Waals surface area contributed by atoms with Gasteiger partial charge in [0.1, 0.15) is 0 Å². The van der Waals surface area contributed by atoms with E-state index in [2.05, 4.69) is 34.3 Å². The third-order valence-electron chi connectivity index (χ3n) is 3.77. The molecule has 0 radical (unpaired) electrons. The molecule has 1 aliphatic rings. The zero-order chi connectivity index (χ0) is 13.2. The van der Waals surface area contributed by atoms with Crippen LogP contribution in [0.3, 0.4) is 0 Å². The molecule has 1 aromatic carbocycles. The molecule has 3 rings (SSSR count). The van der Waals surface area contributed by atoms with Gasteiger partial charge in [0.25, 0.3) is 0 Å². The van der Waals surface area contributed by atoms with Crippen LogP contribution in [0.2, 0.25) is 0 Å². The Morgan fingerprint density at radius 1 is 1.21 bits per heavy atom. The van der Waals surface area contributed by atoms with Gasteiger partial charge in [-0.3, -0.25) is 4.79 Å². The Labute approximate surface area is 112 Å². The lowest BCUT2D eigenvalue weighted by Crippen LogP contribution is -2.43. The van der Waals surface area contributed by atoms with Crippen molar-refractivity contribution in [1.29, 1.82) is 0 Å². The summed E-state index contributed by atoms with van der Waals surface area (Å²) in [6.07, 6.45) is 0.975. The largest absolute Gasteiger partial charge is 0.369 e. The van der Waals surface area contributed by atoms with E-state index >= 15 is 0 Å². The van der Waals surface area contributed by atoms with E-state index in [0.717, 1.165) is 43.5 Å². The minimum Gasteiger partial charge on any atom is -0.369 e. The van der Waals surface area contributed by atoms with Crippen molar-refractivity contribution in [1.82, 2.24) is 10.3 Å². The first-order valence-electron chi connectivity index (χ1n) is 6.89. The summed E-state index contributed by atoms with van der Waals surface area (Å²) in [5.74, 6) is 0. The van der Waals surface area contributed by atoms with Gasteiger partial charge in [-0.25, -0.2) is 0 Å². The van der Waals surface area contributed by atoms with Crippen molar-refractivity contribution in [3.8, 4) is 0 Å². The summed E-state index contributed by atoms with van der Waals surface area (Å²) < 4.78 is 0. The Balaban J connectivity index is 2.12. The van der Waals surface area contributed by atoms with Crippen molar-refractivity contribution >= 4 is 16.6 Å². The van der Waals surface area contributed by atoms with Crippen molar-refractivity contribution in [2.75, 3.05) is 31.1 Å². The van der Waals surface area contributed by atoms with Crippen LogP contribution in [0.4, 0.5) is 5.69 Å². The fraction of sp³-hybridized carbons (Fsp3) is 0.400. The minimum atomic E-state index is -0.0352. The van der Waals surface area contributed by atoms with Gasteiger partial charge >= 0.3 is 0 Å². The molecule has 0 unspecified atom stereocenters. The van der Waals surface area contributed by atoms with Crippen LogP contribution >= 0.6 is 0 Å². The molecule has 1 aliphatic heterocycles. The molecular formula is C15H19N3O. The van der Waals surface area contributed by atoms with Crippen molar-refractivity contribution in [2.24, 2.45) is 0 Å². The van der Waals surface area contributed by atoms with Crippen LogP contribution in [0.1, 0.15) is 12.5 Å². The second-order valence-corrected chi connectivity index (χ2v) is 4.98. The van der Waals surface area contributed by atoms with E-state index in [-0.39, 0.29) is 5.56 Å². The molecule has 0 spiro atoms. The Bertz CT molecular complexity index is 641. The number of rotatable bonds is 2. The van der Waals surface area contributed by atoms with Gasteiger partial charge in [-0.15, -0.1) is 0 Å². The molecule has 0 saturated carbocycles. The van der Waals surface area contributed by atoms with Crippen LogP contribution < -0.4 is 15.8 Å². The number of hydrogen-bond donors (Lipinski definition) is 2. The number of anilines is 1. The zero-order valence-electron chi connectivity index (χ0n) is 11.2. The average molecular weight is 257 g/mol. The highest BCUT2D eigenvalue weighted by Gasteiger charge is 2.12. The van der Waals surface area contributed by atoms with Crippen LogP contribution in [-0.2, 0) is 6.42 Å². The van der Waals surface area contributed by atoms with Gasteiger partial charge in [-0.2, -0.15) is 0 Å². The number of piperazine rings is 1. The summed E-state index contributed by atoms with van der Waals surface area (Å²) in [6.45, 7) is 6.23. The highest BCUT2D eigenvalue weighted by atomic mass is 16.1. The second kappa shape index (κ2) is 5.05. The van der Waals surface area contributed by atoms with Gasteiger partial charge in [-0.05, 0) is 30.2 Å². The maximum atomic E-state index is 11.5. The number of fused-ring (bicyclic) bond motifs is 1. The number of pyridine rings is 1. The average Bonchev–Trinajstić information content (AvgIpc) is 2.46. The van der Waals surface area contributed by atoms with Crippen molar-refractivity contribution in [3.05, 3.63) is 40.2 Å². The summed E-state index contributed by atoms with van der Waals surface area (Å²) >= 11 is 0. The van der Waals surface area contributed by atoms with E-state index in [1.807, 2.05) is 6.07 Å². The van der Waals surface area contributed by atoms with E-state index in [1.165, 1.54) is 11.3 Å². The molecule has 0 atom stereocenters. The van der Waals surface area contributed by atoms with Crippen molar-refractivity contribution in [3.63, 3.8) is 0 Å². The van der Waals surface area contributed by atoms with Gasteiger partial charge in [0, 0.05) is 43.3 Å². The molecule has 1 fully saturated rings. The number of benzene rings is 1. The molecule has 0 bridgehead atoms. The van der Waals surface area contributed by atoms with E-state index in [4.69, 9.17) is 0 Å². The Morgan fingerprint density at radius 3 is 2.74 bits per heavy atom. The summed E-state index contributed by atoms with van der Waals surface area (Å²) in [4.78, 5) is 16.8. The number of nitrogens with one attached hydrogen (secondary N) is 2. The molecular weight excluding hydrogens is 238 g/mol. The maximum Gasteiger partial charge on any atom is 0.248 e. The Morgan fingerprint density at radius 2 is 2.00 bits per heavy atom. The topological polar surface area (TPSA) is 48.1 Å². The van der Waals surface area contributed by atoms with Gasteiger partial charge in [0.15, 0.2) is 0 Å². The quantitative estimate of drug-likeness (QED) is 0.857. The van der Waals surface area contributed by atoms with Crippen LogP contribution in [0.15, 0.2) is 29.1 Å². The van der Waals surface area contributed by atoms with E-state index in [9.17, 15) is 4.79 Å². The summed E-state index contributed by atoms with van der Waals surface area (Å²) in [6, 6.07) is 7.88. The smallest absolute Gasteiger partial charge is 0.248 e. The molecule has 0 amide bonds. The second-order valence-electron chi connectivity index (χ2n) is 4.98. The fourth-order valence-corrected chi connectivity index (χ4v) is 2.73. The minimum absolute atomic E-state index is 0.0352. The number of aryl methyl sites for hydroxylation is 1. The Kier molecular flexibility index (Phi) is 3.25. The third-order valence-corrected chi connectivity index (χ3v) is 3.77. The van der Waals surface area contributed by atoms with Crippen molar-refractivity contribution < 1.29 is 0 Å². The number of aromatic nitrogens is 1. The number of nitrogens with zero attached hydrogens (tertiary/aromatic N) is 1. The van der Waals surface area contributed by atoms with E-state index < -0.39 is 0 Å². The molecule has 0 aliphatic carbocycles. The lowest BCUT2D eigenvalue weighted by molar-refractivity contribution is 0.589. The Hall–Kier alpha value is -1.81. The standard InChI is InChI=1S/C15H19N3O/c1-2-11-9-12(18-7-5-16-6-8-18)10-14-13(11)3-4-15(19)17-14/h3-4,9-10,16H,2,5-8H2,1H3,(H,17,19). The molecule has 1 saturated heterocycles. The lowest BCUT2D eigenvalue weighted by Gasteiger charge is -2.30. The SMILES string of the molecule is CCc1cc(N2CCNCC2)cc2[nH]c(=O)ccc12. The molecule has 4 heteroatoms. The molecule has 4 nitrogen and oxygen atoms in total. The third kappa shape index (κ3) is 2.36. The maximum absolute atomic E-state index is 11.5. The molecule has 2 heterocycles. The van der Waals surface area contributed by atoms with Crippen molar-refractivity contribution in [2.45, 2.75) is 13.3 Å². The van der Waals surface area contributed by atoms with Crippen LogP contribution in [0.5, 0.6) is 0 Å². The first kappa shape index (κ1) is 12.2. The predicted octanol–water partition coefficient (Wildman–Crippen LogP) is 1.50. The highest BCUT2D eigenvalue weighted by Crippen LogP contribution is 2.25. The summed E-state index contributed by atoms with van der Waals surface area (Å²) in [7, 11) is 0. The first-order valence-corrected chi connectivity index (χ1v) is 6.89. The lowest BCUT2D eigenvalue weighted by atomic mass is 10.0. The van der Waals surface area contributed by atoms with E-state index in [0.29, 0.717) is 0 Å². The normalized spacial score (nSPS) is 15.9. The number of aromatic amines is 1. The molecule has 19 heavy (non-hydrogen) atoms. The molecule has 2 aromatic rings. The molecule has 100 valence electrons. The molecule has 2 N–H and O–H groups in total. The van der Waals surface area contributed by atoms with Crippen LogP contribution in [-0.4, -0.2) is 31.2 Å². The predicted molar refractivity (Wildman–Crippen MR) is 79.0 cm³/mol. The summed E-state index contributed by atoms with van der Waals surface area (Å²) in [5.41, 5.74) is 3.42. The monoisotopic (exact) mass is 257 g/mol. The molecule has 1 aromatic heterocycles. The van der Waals surface area contributed by atoms with Gasteiger partial charge in [0.2, 0.25) is 5.56 Å². The zero-order valence-corrected chi connectivity index (χ0v) is 11.2. The van der Waals surface area contributed by atoms with E-state index in [1.54, 1.807) is 6.07 Å². The highest BCUT2D eigenvalue weighted by molar-refractivity contribution is 5.86. The number of hydrogen-bond acceptors (Lipinski definition) is 3. The van der Waals surface area contributed by atoms with Gasteiger partial charge in [-0.1, -0.05) is 6.92 Å². The van der Waals surface area contributed by atoms with Crippen LogP contribution in [0.25, 0.3) is 10.9 Å². The summed E-state index contributed by atoms with van der Waals surface area (Å²) in [5, 5.41) is 4.51. The van der Waals surface area contributed by atoms with Gasteiger partial charge < -0.3 is 15.2 Å².